The quantitative estimate of drug-likeness (QED) is 0.751. The molecule has 17 heavy (non-hydrogen) atoms. The molecule has 3 heteroatoms. The minimum Gasteiger partial charge on any atom is -0.507 e. The van der Waals surface area contributed by atoms with Crippen LogP contribution in [0.5, 0.6) is 5.75 Å². The van der Waals surface area contributed by atoms with Gasteiger partial charge in [0, 0.05) is 18.7 Å². The Morgan fingerprint density at radius 2 is 1.88 bits per heavy atom. The van der Waals surface area contributed by atoms with Crippen molar-refractivity contribution in [3.05, 3.63) is 28.8 Å². The molecule has 0 aromatic heterocycles. The van der Waals surface area contributed by atoms with Gasteiger partial charge in [-0.25, -0.2) is 0 Å². The van der Waals surface area contributed by atoms with Crippen molar-refractivity contribution in [1.82, 2.24) is 0 Å². The molecule has 96 valence electrons. The van der Waals surface area contributed by atoms with Crippen molar-refractivity contribution in [3.63, 3.8) is 0 Å². The molecule has 0 aliphatic rings. The lowest BCUT2D eigenvalue weighted by Crippen LogP contribution is -2.14. The van der Waals surface area contributed by atoms with Gasteiger partial charge in [0.25, 0.3) is 0 Å². The van der Waals surface area contributed by atoms with Crippen LogP contribution < -0.4 is 5.73 Å². The standard InChI is InChI=1S/C14H23NO2/c1-14(2,3)12-8-10(5-4-6-16)7-11(9-15)13(12)17/h7-8,16-17H,4-6,9,15H2,1-3H3. The Kier molecular flexibility index (Phi) is 4.54. The first-order valence-electron chi connectivity index (χ1n) is 6.06. The lowest BCUT2D eigenvalue weighted by molar-refractivity contribution is 0.288. The second-order valence-electron chi connectivity index (χ2n) is 5.43. The van der Waals surface area contributed by atoms with Gasteiger partial charge < -0.3 is 15.9 Å². The number of nitrogens with two attached hydrogens (primary N) is 1. The summed E-state index contributed by atoms with van der Waals surface area (Å²) in [6.45, 7) is 6.72. The van der Waals surface area contributed by atoms with E-state index >= 15 is 0 Å². The van der Waals surface area contributed by atoms with Gasteiger partial charge in [-0.1, -0.05) is 32.9 Å². The Morgan fingerprint density at radius 1 is 1.24 bits per heavy atom. The van der Waals surface area contributed by atoms with E-state index in [1.807, 2.05) is 12.1 Å². The summed E-state index contributed by atoms with van der Waals surface area (Å²) in [4.78, 5) is 0. The number of hydrogen-bond donors (Lipinski definition) is 3. The molecule has 0 atom stereocenters. The van der Waals surface area contributed by atoms with Crippen LogP contribution in [0.25, 0.3) is 0 Å². The maximum atomic E-state index is 10.1. The van der Waals surface area contributed by atoms with Gasteiger partial charge >= 0.3 is 0 Å². The molecule has 1 rings (SSSR count). The van der Waals surface area contributed by atoms with E-state index in [9.17, 15) is 5.11 Å². The van der Waals surface area contributed by atoms with E-state index in [2.05, 4.69) is 20.8 Å². The van der Waals surface area contributed by atoms with Crippen molar-refractivity contribution in [2.75, 3.05) is 6.61 Å². The molecule has 0 radical (unpaired) electrons. The SMILES string of the molecule is CC(C)(C)c1cc(CCCO)cc(CN)c1O. The number of aliphatic hydroxyl groups excluding tert-OH is 1. The Labute approximate surface area is 103 Å². The highest BCUT2D eigenvalue weighted by atomic mass is 16.3. The zero-order valence-electron chi connectivity index (χ0n) is 11.0. The predicted octanol–water partition coefficient (Wildman–Crippen LogP) is 2.07. The summed E-state index contributed by atoms with van der Waals surface area (Å²) < 4.78 is 0. The van der Waals surface area contributed by atoms with Gasteiger partial charge in [0.2, 0.25) is 0 Å². The third kappa shape index (κ3) is 3.45. The molecule has 0 heterocycles. The molecule has 0 bridgehead atoms. The fourth-order valence-electron chi connectivity index (χ4n) is 1.92. The molecule has 0 aliphatic carbocycles. The van der Waals surface area contributed by atoms with Crippen LogP contribution in [-0.4, -0.2) is 16.8 Å². The van der Waals surface area contributed by atoms with Crippen molar-refractivity contribution in [2.45, 2.75) is 45.6 Å². The summed E-state index contributed by atoms with van der Waals surface area (Å²) in [7, 11) is 0. The highest BCUT2D eigenvalue weighted by molar-refractivity contribution is 5.47. The van der Waals surface area contributed by atoms with Crippen molar-refractivity contribution in [3.8, 4) is 5.75 Å². The van der Waals surface area contributed by atoms with Gasteiger partial charge in [-0.3, -0.25) is 0 Å². The monoisotopic (exact) mass is 237 g/mol. The highest BCUT2D eigenvalue weighted by Crippen LogP contribution is 2.34. The molecule has 4 N–H and O–H groups in total. The number of aliphatic hydroxyl groups is 1. The van der Waals surface area contributed by atoms with Gasteiger partial charge in [-0.05, 0) is 29.4 Å². The van der Waals surface area contributed by atoms with Crippen molar-refractivity contribution >= 4 is 0 Å². The highest BCUT2D eigenvalue weighted by Gasteiger charge is 2.20. The van der Waals surface area contributed by atoms with Crippen molar-refractivity contribution in [2.24, 2.45) is 5.73 Å². The zero-order valence-corrected chi connectivity index (χ0v) is 11.0. The Bertz CT molecular complexity index is 381. The first kappa shape index (κ1) is 14.0. The summed E-state index contributed by atoms with van der Waals surface area (Å²) >= 11 is 0. The number of aryl methyl sites for hydroxylation is 1. The third-order valence-electron chi connectivity index (χ3n) is 2.90. The van der Waals surface area contributed by atoms with E-state index < -0.39 is 0 Å². The van der Waals surface area contributed by atoms with E-state index in [0.717, 1.165) is 29.5 Å². The first-order chi connectivity index (χ1) is 7.90. The van der Waals surface area contributed by atoms with Crippen LogP contribution in [0.2, 0.25) is 0 Å². The molecule has 0 saturated carbocycles. The summed E-state index contributed by atoms with van der Waals surface area (Å²) in [6, 6.07) is 3.95. The minimum atomic E-state index is -0.108. The number of phenols is 1. The topological polar surface area (TPSA) is 66.5 Å². The summed E-state index contributed by atoms with van der Waals surface area (Å²) in [5, 5.41) is 19.0. The second-order valence-corrected chi connectivity index (χ2v) is 5.43. The maximum Gasteiger partial charge on any atom is 0.123 e. The Hall–Kier alpha value is -1.06. The lowest BCUT2D eigenvalue weighted by Gasteiger charge is -2.23. The molecule has 0 fully saturated rings. The molecule has 0 spiro atoms. The number of phenolic OH excluding ortho intramolecular Hbond substituents is 1. The molecule has 0 saturated heterocycles. The smallest absolute Gasteiger partial charge is 0.123 e. The van der Waals surface area contributed by atoms with E-state index in [1.165, 1.54) is 0 Å². The van der Waals surface area contributed by atoms with Gasteiger partial charge in [-0.15, -0.1) is 0 Å². The number of benzene rings is 1. The van der Waals surface area contributed by atoms with Crippen LogP contribution in [0.15, 0.2) is 12.1 Å². The molecular formula is C14H23NO2. The number of aromatic hydroxyl groups is 1. The van der Waals surface area contributed by atoms with E-state index in [0.29, 0.717) is 12.3 Å². The van der Waals surface area contributed by atoms with Crippen LogP contribution >= 0.6 is 0 Å². The van der Waals surface area contributed by atoms with E-state index in [-0.39, 0.29) is 12.0 Å². The van der Waals surface area contributed by atoms with Crippen molar-refractivity contribution < 1.29 is 10.2 Å². The Balaban J connectivity index is 3.19. The van der Waals surface area contributed by atoms with Crippen LogP contribution in [0.3, 0.4) is 0 Å². The maximum absolute atomic E-state index is 10.1. The largest absolute Gasteiger partial charge is 0.507 e. The first-order valence-corrected chi connectivity index (χ1v) is 6.06. The van der Waals surface area contributed by atoms with Gasteiger partial charge in [0.1, 0.15) is 5.75 Å². The van der Waals surface area contributed by atoms with Crippen LogP contribution in [0.1, 0.15) is 43.9 Å². The normalized spacial score (nSPS) is 11.8. The Morgan fingerprint density at radius 3 is 2.35 bits per heavy atom. The molecule has 1 aromatic rings. The summed E-state index contributed by atoms with van der Waals surface area (Å²) in [6.07, 6.45) is 1.55. The van der Waals surface area contributed by atoms with Gasteiger partial charge in [0.15, 0.2) is 0 Å². The number of hydrogen-bond acceptors (Lipinski definition) is 3. The van der Waals surface area contributed by atoms with Crippen molar-refractivity contribution in [1.29, 1.82) is 0 Å². The van der Waals surface area contributed by atoms with E-state index in [4.69, 9.17) is 10.8 Å². The summed E-state index contributed by atoms with van der Waals surface area (Å²) in [5.74, 6) is 0.313. The third-order valence-corrected chi connectivity index (χ3v) is 2.90. The average molecular weight is 237 g/mol. The summed E-state index contributed by atoms with van der Waals surface area (Å²) in [5.41, 5.74) is 8.38. The van der Waals surface area contributed by atoms with Gasteiger partial charge in [0.05, 0.1) is 0 Å². The van der Waals surface area contributed by atoms with Crippen LogP contribution in [-0.2, 0) is 18.4 Å². The molecular weight excluding hydrogens is 214 g/mol. The van der Waals surface area contributed by atoms with Gasteiger partial charge in [-0.2, -0.15) is 0 Å². The lowest BCUT2D eigenvalue weighted by atomic mass is 9.83. The fourth-order valence-corrected chi connectivity index (χ4v) is 1.92. The molecule has 0 amide bonds. The molecule has 1 aromatic carbocycles. The zero-order chi connectivity index (χ0) is 13.1. The van der Waals surface area contributed by atoms with Crippen LogP contribution in [0.4, 0.5) is 0 Å². The van der Waals surface area contributed by atoms with E-state index in [1.54, 1.807) is 0 Å². The molecule has 0 unspecified atom stereocenters. The number of rotatable bonds is 4. The van der Waals surface area contributed by atoms with Crippen LogP contribution in [0, 0.1) is 0 Å². The minimum absolute atomic E-state index is 0.108. The molecule has 3 nitrogen and oxygen atoms in total. The second kappa shape index (κ2) is 5.52. The predicted molar refractivity (Wildman–Crippen MR) is 70.1 cm³/mol. The fraction of sp³-hybridized carbons (Fsp3) is 0.571. The average Bonchev–Trinajstić information content (AvgIpc) is 2.26. The molecule has 0 aliphatic heterocycles.